The van der Waals surface area contributed by atoms with Gasteiger partial charge in [0.2, 0.25) is 0 Å². The maximum atomic E-state index is 8.53. The van der Waals surface area contributed by atoms with Gasteiger partial charge in [-0.25, -0.2) is 0 Å². The fraction of sp³-hybridized carbons (Fsp3) is 0.909. The second-order valence-corrected chi connectivity index (χ2v) is 4.31. The molecule has 0 aromatic heterocycles. The van der Waals surface area contributed by atoms with Crippen LogP contribution >= 0.6 is 0 Å². The summed E-state index contributed by atoms with van der Waals surface area (Å²) in [4.78, 5) is 2.30. The van der Waals surface area contributed by atoms with Crippen molar-refractivity contribution in [2.24, 2.45) is 16.8 Å². The Kier molecular flexibility index (Phi) is 7.13. The van der Waals surface area contributed by atoms with Crippen molar-refractivity contribution in [1.82, 2.24) is 4.90 Å². The molecule has 0 rings (SSSR count). The quantitative estimate of drug-likeness (QED) is 0.295. The molecule has 0 radical (unpaired) electrons. The van der Waals surface area contributed by atoms with Crippen molar-refractivity contribution in [3.63, 3.8) is 0 Å². The first-order chi connectivity index (χ1) is 7.04. The molecule has 0 aliphatic carbocycles. The van der Waals surface area contributed by atoms with Crippen LogP contribution in [0.15, 0.2) is 5.16 Å². The van der Waals surface area contributed by atoms with Crippen LogP contribution in [0, 0.1) is 5.92 Å². The molecule has 0 aliphatic rings. The van der Waals surface area contributed by atoms with Crippen LogP contribution < -0.4 is 5.73 Å². The smallest absolute Gasteiger partial charge is 0.140 e. The van der Waals surface area contributed by atoms with E-state index in [1.165, 1.54) is 6.42 Å². The van der Waals surface area contributed by atoms with Crippen LogP contribution in [0.2, 0.25) is 0 Å². The Bertz CT molecular complexity index is 194. The highest BCUT2D eigenvalue weighted by molar-refractivity contribution is 5.80. The lowest BCUT2D eigenvalue weighted by molar-refractivity contribution is 0.206. The van der Waals surface area contributed by atoms with Crippen molar-refractivity contribution in [2.75, 3.05) is 13.6 Å². The molecule has 2 atom stereocenters. The predicted octanol–water partition coefficient (Wildman–Crippen LogP) is 1.88. The zero-order valence-electron chi connectivity index (χ0n) is 10.4. The summed E-state index contributed by atoms with van der Waals surface area (Å²) in [5.74, 6) is 1.01. The summed E-state index contributed by atoms with van der Waals surface area (Å²) in [7, 11) is 2.10. The molecule has 0 spiro atoms. The first-order valence-corrected chi connectivity index (χ1v) is 5.71. The van der Waals surface area contributed by atoms with Crippen molar-refractivity contribution < 1.29 is 5.21 Å². The molecule has 90 valence electrons. The van der Waals surface area contributed by atoms with E-state index < -0.39 is 0 Å². The van der Waals surface area contributed by atoms with Crippen LogP contribution in [0.25, 0.3) is 0 Å². The molecule has 0 aliphatic heterocycles. The van der Waals surface area contributed by atoms with E-state index in [1.54, 1.807) is 0 Å². The van der Waals surface area contributed by atoms with Crippen LogP contribution in [-0.4, -0.2) is 35.6 Å². The summed E-state index contributed by atoms with van der Waals surface area (Å²) < 4.78 is 0. The molecule has 2 unspecified atom stereocenters. The Hall–Kier alpha value is -0.770. The zero-order chi connectivity index (χ0) is 11.8. The molecule has 3 N–H and O–H groups in total. The highest BCUT2D eigenvalue weighted by Gasteiger charge is 2.16. The largest absolute Gasteiger partial charge is 0.409 e. The van der Waals surface area contributed by atoms with Gasteiger partial charge in [0, 0.05) is 19.0 Å². The van der Waals surface area contributed by atoms with Crippen LogP contribution in [-0.2, 0) is 0 Å². The molecule has 0 aromatic rings. The van der Waals surface area contributed by atoms with Crippen molar-refractivity contribution in [3.05, 3.63) is 0 Å². The number of nitrogens with two attached hydrogens (primary N) is 1. The Balaban J connectivity index is 4.15. The minimum Gasteiger partial charge on any atom is -0.409 e. The van der Waals surface area contributed by atoms with Gasteiger partial charge in [0.15, 0.2) is 0 Å². The van der Waals surface area contributed by atoms with E-state index in [0.29, 0.717) is 24.2 Å². The summed E-state index contributed by atoms with van der Waals surface area (Å²) in [6, 6.07) is 0.370. The molecule has 0 saturated heterocycles. The molecule has 0 fully saturated rings. The average Bonchev–Trinajstić information content (AvgIpc) is 2.24. The maximum Gasteiger partial charge on any atom is 0.140 e. The number of rotatable bonds is 7. The summed E-state index contributed by atoms with van der Waals surface area (Å²) in [6.45, 7) is 7.63. The number of hydrogen-bond acceptors (Lipinski definition) is 3. The Labute approximate surface area is 93.1 Å². The number of oxime groups is 1. The molecule has 4 nitrogen and oxygen atoms in total. The zero-order valence-corrected chi connectivity index (χ0v) is 10.4. The molecular formula is C11H25N3O. The van der Waals surface area contributed by atoms with Gasteiger partial charge in [-0.05, 0) is 19.4 Å². The monoisotopic (exact) mass is 215 g/mol. The van der Waals surface area contributed by atoms with Crippen molar-refractivity contribution in [1.29, 1.82) is 0 Å². The van der Waals surface area contributed by atoms with E-state index in [-0.39, 0.29) is 0 Å². The molecule has 0 saturated carbocycles. The molecule has 0 amide bonds. The first kappa shape index (κ1) is 14.2. The molecule has 15 heavy (non-hydrogen) atoms. The Morgan fingerprint density at radius 1 is 1.40 bits per heavy atom. The summed E-state index contributed by atoms with van der Waals surface area (Å²) in [6.07, 6.45) is 2.84. The fourth-order valence-corrected chi connectivity index (χ4v) is 1.66. The number of amidine groups is 1. The second kappa shape index (κ2) is 7.51. The van der Waals surface area contributed by atoms with Crippen molar-refractivity contribution in [2.45, 2.75) is 46.1 Å². The third-order valence-electron chi connectivity index (χ3n) is 2.96. The van der Waals surface area contributed by atoms with Gasteiger partial charge in [-0.1, -0.05) is 32.3 Å². The van der Waals surface area contributed by atoms with E-state index >= 15 is 0 Å². The highest BCUT2D eigenvalue weighted by Crippen LogP contribution is 2.11. The lowest BCUT2D eigenvalue weighted by Crippen LogP contribution is -2.37. The van der Waals surface area contributed by atoms with Gasteiger partial charge in [0.05, 0.1) is 0 Å². The molecule has 0 aromatic carbocycles. The van der Waals surface area contributed by atoms with Gasteiger partial charge < -0.3 is 15.8 Å². The highest BCUT2D eigenvalue weighted by atomic mass is 16.4. The Morgan fingerprint density at radius 2 is 2.00 bits per heavy atom. The number of nitrogens with zero attached hydrogens (tertiary/aromatic N) is 2. The van der Waals surface area contributed by atoms with E-state index in [2.05, 4.69) is 37.9 Å². The van der Waals surface area contributed by atoms with Gasteiger partial charge >= 0.3 is 0 Å². The number of hydrogen-bond donors (Lipinski definition) is 2. The predicted molar refractivity (Wildman–Crippen MR) is 64.2 cm³/mol. The molecule has 4 heteroatoms. The lowest BCUT2D eigenvalue weighted by Gasteiger charge is -2.28. The molecule has 0 heterocycles. The van der Waals surface area contributed by atoms with E-state index in [1.807, 2.05) is 0 Å². The van der Waals surface area contributed by atoms with Gasteiger partial charge in [-0.2, -0.15) is 0 Å². The van der Waals surface area contributed by atoms with E-state index in [0.717, 1.165) is 13.0 Å². The van der Waals surface area contributed by atoms with Gasteiger partial charge in [-0.15, -0.1) is 0 Å². The van der Waals surface area contributed by atoms with Gasteiger partial charge in [-0.3, -0.25) is 0 Å². The standard InChI is InChI=1S/C11H25N3O/c1-5-9(3)8-14(4)10(6-2)7-11(12)13-15/h9-10,15H,5-8H2,1-4H3,(H2,12,13). The first-order valence-electron chi connectivity index (χ1n) is 5.71. The van der Waals surface area contributed by atoms with Crippen molar-refractivity contribution in [3.8, 4) is 0 Å². The van der Waals surface area contributed by atoms with Gasteiger partial charge in [0.25, 0.3) is 0 Å². The third-order valence-corrected chi connectivity index (χ3v) is 2.96. The van der Waals surface area contributed by atoms with E-state index in [9.17, 15) is 0 Å². The Morgan fingerprint density at radius 3 is 2.40 bits per heavy atom. The van der Waals surface area contributed by atoms with Gasteiger partial charge in [0.1, 0.15) is 5.84 Å². The van der Waals surface area contributed by atoms with E-state index in [4.69, 9.17) is 10.9 Å². The SMILES string of the molecule is CCC(C)CN(C)C(CC)C/C(N)=N/O. The summed E-state index contributed by atoms with van der Waals surface area (Å²) >= 11 is 0. The summed E-state index contributed by atoms with van der Waals surface area (Å²) in [5, 5.41) is 11.6. The minimum absolute atomic E-state index is 0.317. The normalized spacial score (nSPS) is 16.7. The van der Waals surface area contributed by atoms with Crippen LogP contribution in [0.4, 0.5) is 0 Å². The molecular weight excluding hydrogens is 190 g/mol. The minimum atomic E-state index is 0.317. The lowest BCUT2D eigenvalue weighted by atomic mass is 10.0. The second-order valence-electron chi connectivity index (χ2n) is 4.31. The average molecular weight is 215 g/mol. The molecule has 0 bridgehead atoms. The summed E-state index contributed by atoms with van der Waals surface area (Å²) in [5.41, 5.74) is 5.52. The fourth-order valence-electron chi connectivity index (χ4n) is 1.66. The van der Waals surface area contributed by atoms with Crippen LogP contribution in [0.3, 0.4) is 0 Å². The topological polar surface area (TPSA) is 61.8 Å². The maximum absolute atomic E-state index is 8.53. The third kappa shape index (κ3) is 5.62. The van der Waals surface area contributed by atoms with Crippen LogP contribution in [0.1, 0.15) is 40.0 Å². The van der Waals surface area contributed by atoms with Crippen LogP contribution in [0.5, 0.6) is 0 Å². The van der Waals surface area contributed by atoms with Crippen molar-refractivity contribution >= 4 is 5.84 Å².